The number of urea groups is 1. The molecule has 0 aliphatic heterocycles. The van der Waals surface area contributed by atoms with Crippen LogP contribution in [0, 0.1) is 6.92 Å². The molecule has 1 aromatic heterocycles. The zero-order chi connectivity index (χ0) is 18.4. The molecule has 1 heterocycles. The number of pyridine rings is 1. The Balaban J connectivity index is 2.06. The van der Waals surface area contributed by atoms with E-state index in [9.17, 15) is 14.4 Å². The third kappa shape index (κ3) is 5.09. The van der Waals surface area contributed by atoms with E-state index in [0.717, 1.165) is 5.56 Å². The predicted molar refractivity (Wildman–Crippen MR) is 96.8 cm³/mol. The van der Waals surface area contributed by atoms with Gasteiger partial charge in [-0.15, -0.1) is 0 Å². The molecule has 0 saturated carbocycles. The number of amides is 3. The lowest BCUT2D eigenvalue weighted by atomic mass is 10.2. The molecule has 3 amide bonds. The average Bonchev–Trinajstić information content (AvgIpc) is 2.60. The van der Waals surface area contributed by atoms with E-state index < -0.39 is 11.6 Å². The van der Waals surface area contributed by atoms with Gasteiger partial charge in [0.05, 0.1) is 0 Å². The van der Waals surface area contributed by atoms with E-state index in [0.29, 0.717) is 17.3 Å². The summed E-state index contributed by atoms with van der Waals surface area (Å²) in [5, 5.41) is 8.18. The van der Waals surface area contributed by atoms with E-state index in [1.807, 2.05) is 12.1 Å². The van der Waals surface area contributed by atoms with Gasteiger partial charge in [-0.1, -0.05) is 23.7 Å². The van der Waals surface area contributed by atoms with Gasteiger partial charge in [0.15, 0.2) is 0 Å². The minimum atomic E-state index is -0.500. The maximum absolute atomic E-state index is 12.4. The first-order valence-corrected chi connectivity index (χ1v) is 7.99. The fourth-order valence-electron chi connectivity index (χ4n) is 2.15. The normalized spacial score (nSPS) is 10.2. The second kappa shape index (κ2) is 8.34. The number of aryl methyl sites for hydroxylation is 1. The standard InChI is InChI=1S/C17H19ClN4O3/c1-11-3-8-14(21-17(25)19-2)16(24)22(11)10-15(23)20-9-12-4-6-13(18)7-5-12/h3-8H,9-10H2,1-2H3,(H,20,23)(H2,19,21,25). The van der Waals surface area contributed by atoms with E-state index in [2.05, 4.69) is 16.0 Å². The number of carbonyl (C=O) groups excluding carboxylic acids is 2. The first kappa shape index (κ1) is 18.5. The lowest BCUT2D eigenvalue weighted by Gasteiger charge is -2.13. The van der Waals surface area contributed by atoms with Gasteiger partial charge in [-0.3, -0.25) is 9.59 Å². The third-order valence-electron chi connectivity index (χ3n) is 3.57. The molecule has 0 unspecified atom stereocenters. The van der Waals surface area contributed by atoms with Gasteiger partial charge in [0, 0.05) is 24.3 Å². The monoisotopic (exact) mass is 362 g/mol. The third-order valence-corrected chi connectivity index (χ3v) is 3.82. The Hall–Kier alpha value is -2.80. The fourth-order valence-corrected chi connectivity index (χ4v) is 2.28. The Morgan fingerprint density at radius 3 is 2.44 bits per heavy atom. The van der Waals surface area contributed by atoms with Gasteiger partial charge in [-0.2, -0.15) is 0 Å². The zero-order valence-electron chi connectivity index (χ0n) is 13.9. The molecule has 0 bridgehead atoms. The maximum atomic E-state index is 12.4. The van der Waals surface area contributed by atoms with Crippen LogP contribution in [0.15, 0.2) is 41.2 Å². The summed E-state index contributed by atoms with van der Waals surface area (Å²) >= 11 is 5.82. The Morgan fingerprint density at radius 2 is 1.80 bits per heavy atom. The number of anilines is 1. The SMILES string of the molecule is CNC(=O)Nc1ccc(C)n(CC(=O)NCc2ccc(Cl)cc2)c1=O. The number of carbonyl (C=O) groups is 2. The number of hydrogen-bond donors (Lipinski definition) is 3. The first-order valence-electron chi connectivity index (χ1n) is 7.61. The van der Waals surface area contributed by atoms with Gasteiger partial charge in [0.25, 0.3) is 5.56 Å². The van der Waals surface area contributed by atoms with Gasteiger partial charge in [-0.05, 0) is 36.8 Å². The summed E-state index contributed by atoms with van der Waals surface area (Å²) in [5.41, 5.74) is 1.19. The van der Waals surface area contributed by atoms with Crippen molar-refractivity contribution in [2.45, 2.75) is 20.0 Å². The summed E-state index contributed by atoms with van der Waals surface area (Å²) in [6.07, 6.45) is 0. The van der Waals surface area contributed by atoms with Crippen LogP contribution in [-0.4, -0.2) is 23.6 Å². The molecule has 0 aliphatic rings. The molecule has 0 saturated heterocycles. The minimum absolute atomic E-state index is 0.107. The van der Waals surface area contributed by atoms with Crippen molar-refractivity contribution in [1.29, 1.82) is 0 Å². The van der Waals surface area contributed by atoms with Crippen molar-refractivity contribution < 1.29 is 9.59 Å². The van der Waals surface area contributed by atoms with Gasteiger partial charge in [0.2, 0.25) is 5.91 Å². The smallest absolute Gasteiger partial charge is 0.319 e. The number of nitrogens with zero attached hydrogens (tertiary/aromatic N) is 1. The van der Waals surface area contributed by atoms with Crippen LogP contribution in [0.4, 0.5) is 10.5 Å². The van der Waals surface area contributed by atoms with E-state index >= 15 is 0 Å². The highest BCUT2D eigenvalue weighted by Crippen LogP contribution is 2.09. The zero-order valence-corrected chi connectivity index (χ0v) is 14.7. The van der Waals surface area contributed by atoms with Crippen molar-refractivity contribution in [1.82, 2.24) is 15.2 Å². The molecule has 0 atom stereocenters. The Kier molecular flexibility index (Phi) is 6.19. The second-order valence-corrected chi connectivity index (χ2v) is 5.82. The van der Waals surface area contributed by atoms with Crippen molar-refractivity contribution in [2.24, 2.45) is 0 Å². The molecule has 7 nitrogen and oxygen atoms in total. The Morgan fingerprint density at radius 1 is 1.12 bits per heavy atom. The minimum Gasteiger partial charge on any atom is -0.350 e. The molecular weight excluding hydrogens is 344 g/mol. The number of halogens is 1. The number of aromatic nitrogens is 1. The van der Waals surface area contributed by atoms with Crippen LogP contribution < -0.4 is 21.5 Å². The van der Waals surface area contributed by atoms with Crippen molar-refractivity contribution in [3.63, 3.8) is 0 Å². The highest BCUT2D eigenvalue weighted by Gasteiger charge is 2.11. The predicted octanol–water partition coefficient (Wildman–Crippen LogP) is 1.88. The number of hydrogen-bond acceptors (Lipinski definition) is 3. The summed E-state index contributed by atoms with van der Waals surface area (Å²) in [7, 11) is 1.45. The highest BCUT2D eigenvalue weighted by molar-refractivity contribution is 6.30. The molecule has 8 heteroatoms. The molecule has 132 valence electrons. The number of rotatable bonds is 5. The summed E-state index contributed by atoms with van der Waals surface area (Å²) < 4.78 is 1.31. The molecule has 25 heavy (non-hydrogen) atoms. The van der Waals surface area contributed by atoms with Crippen molar-refractivity contribution in [3.8, 4) is 0 Å². The first-order chi connectivity index (χ1) is 11.9. The van der Waals surface area contributed by atoms with Crippen LogP contribution in [-0.2, 0) is 17.9 Å². The second-order valence-electron chi connectivity index (χ2n) is 5.39. The lowest BCUT2D eigenvalue weighted by molar-refractivity contribution is -0.121. The number of nitrogens with one attached hydrogen (secondary N) is 3. The van der Waals surface area contributed by atoms with Crippen molar-refractivity contribution in [3.05, 3.63) is 63.0 Å². The fraction of sp³-hybridized carbons (Fsp3) is 0.235. The Bertz CT molecular complexity index is 831. The van der Waals surface area contributed by atoms with Crippen LogP contribution in [0.1, 0.15) is 11.3 Å². The van der Waals surface area contributed by atoms with E-state index in [1.54, 1.807) is 25.1 Å². The molecule has 1 aromatic carbocycles. The van der Waals surface area contributed by atoms with E-state index in [-0.39, 0.29) is 18.1 Å². The molecule has 2 aromatic rings. The molecule has 0 aliphatic carbocycles. The Labute approximate surface area is 150 Å². The average molecular weight is 363 g/mol. The molecule has 0 spiro atoms. The molecule has 2 rings (SSSR count). The van der Waals surface area contributed by atoms with Crippen LogP contribution in [0.5, 0.6) is 0 Å². The molecule has 0 fully saturated rings. The summed E-state index contributed by atoms with van der Waals surface area (Å²) in [4.78, 5) is 35.9. The van der Waals surface area contributed by atoms with Gasteiger partial charge in [-0.25, -0.2) is 4.79 Å². The van der Waals surface area contributed by atoms with Gasteiger partial charge in [0.1, 0.15) is 12.2 Å². The van der Waals surface area contributed by atoms with Crippen LogP contribution in [0.3, 0.4) is 0 Å². The van der Waals surface area contributed by atoms with E-state index in [4.69, 9.17) is 11.6 Å². The lowest BCUT2D eigenvalue weighted by Crippen LogP contribution is -2.35. The van der Waals surface area contributed by atoms with Crippen molar-refractivity contribution >= 4 is 29.2 Å². The van der Waals surface area contributed by atoms with Crippen molar-refractivity contribution in [2.75, 3.05) is 12.4 Å². The van der Waals surface area contributed by atoms with E-state index in [1.165, 1.54) is 17.7 Å². The van der Waals surface area contributed by atoms with Crippen LogP contribution >= 0.6 is 11.6 Å². The molecular formula is C17H19ClN4O3. The van der Waals surface area contributed by atoms with Gasteiger partial charge >= 0.3 is 6.03 Å². The summed E-state index contributed by atoms with van der Waals surface area (Å²) in [5.74, 6) is -0.308. The maximum Gasteiger partial charge on any atom is 0.319 e. The number of benzene rings is 1. The molecule has 0 radical (unpaired) electrons. The van der Waals surface area contributed by atoms with Crippen LogP contribution in [0.2, 0.25) is 5.02 Å². The summed E-state index contributed by atoms with van der Waals surface area (Å²) in [6, 6.07) is 9.78. The quantitative estimate of drug-likeness (QED) is 0.758. The largest absolute Gasteiger partial charge is 0.350 e. The highest BCUT2D eigenvalue weighted by atomic mass is 35.5. The summed E-state index contributed by atoms with van der Waals surface area (Å²) in [6.45, 7) is 1.92. The molecule has 3 N–H and O–H groups in total. The topological polar surface area (TPSA) is 92.2 Å². The van der Waals surface area contributed by atoms with Crippen LogP contribution in [0.25, 0.3) is 0 Å². The van der Waals surface area contributed by atoms with Gasteiger partial charge < -0.3 is 20.5 Å².